The molecule has 3 fully saturated rings. The van der Waals surface area contributed by atoms with E-state index in [1.807, 2.05) is 0 Å². The van der Waals surface area contributed by atoms with Crippen LogP contribution in [0.4, 0.5) is 0 Å². The maximum atomic E-state index is 9.73. The Labute approximate surface area is 145 Å². The molecule has 1 aliphatic heterocycles. The molecule has 1 saturated heterocycles. The molecule has 2 N–H and O–H groups in total. The van der Waals surface area contributed by atoms with E-state index in [4.69, 9.17) is 0 Å². The van der Waals surface area contributed by atoms with Gasteiger partial charge in [0.2, 0.25) is 0 Å². The van der Waals surface area contributed by atoms with Gasteiger partial charge in [-0.25, -0.2) is 0 Å². The van der Waals surface area contributed by atoms with Gasteiger partial charge in [0.1, 0.15) is 0 Å². The van der Waals surface area contributed by atoms with E-state index >= 15 is 0 Å². The third kappa shape index (κ3) is 2.37. The normalized spacial score (nSPS) is 40.6. The summed E-state index contributed by atoms with van der Waals surface area (Å²) < 4.78 is 0. The van der Waals surface area contributed by atoms with E-state index < -0.39 is 0 Å². The molecular formula is C20H28ClNO. The number of rotatable bonds is 2. The van der Waals surface area contributed by atoms with Gasteiger partial charge in [-0.15, -0.1) is 12.4 Å². The van der Waals surface area contributed by atoms with Crippen LogP contribution in [0.2, 0.25) is 0 Å². The summed E-state index contributed by atoms with van der Waals surface area (Å²) >= 11 is 0. The first-order chi connectivity index (χ1) is 10.8. The molecule has 126 valence electrons. The summed E-state index contributed by atoms with van der Waals surface area (Å²) in [5, 5.41) is 13.6. The number of piperidine rings is 1. The Morgan fingerprint density at radius 2 is 2.09 bits per heavy atom. The van der Waals surface area contributed by atoms with E-state index in [0.717, 1.165) is 18.8 Å². The largest absolute Gasteiger partial charge is 0.393 e. The molecule has 2 nitrogen and oxygen atoms in total. The molecule has 0 radical (unpaired) electrons. The van der Waals surface area contributed by atoms with Crippen molar-refractivity contribution in [3.63, 3.8) is 0 Å². The van der Waals surface area contributed by atoms with Crippen LogP contribution in [0.1, 0.15) is 55.2 Å². The summed E-state index contributed by atoms with van der Waals surface area (Å²) in [6.07, 6.45) is 10.3. The van der Waals surface area contributed by atoms with E-state index in [0.29, 0.717) is 17.4 Å². The summed E-state index contributed by atoms with van der Waals surface area (Å²) in [7, 11) is 0. The fourth-order valence-corrected chi connectivity index (χ4v) is 5.96. The van der Waals surface area contributed by atoms with Crippen LogP contribution in [0.25, 0.3) is 0 Å². The first-order valence-corrected chi connectivity index (χ1v) is 9.31. The highest BCUT2D eigenvalue weighted by molar-refractivity contribution is 5.85. The van der Waals surface area contributed by atoms with E-state index in [9.17, 15) is 5.11 Å². The number of hydrogen-bond donors (Lipinski definition) is 2. The highest BCUT2D eigenvalue weighted by Crippen LogP contribution is 2.54. The van der Waals surface area contributed by atoms with Crippen LogP contribution in [0.3, 0.4) is 0 Å². The average molecular weight is 334 g/mol. The van der Waals surface area contributed by atoms with Crippen molar-refractivity contribution in [2.75, 3.05) is 6.54 Å². The maximum Gasteiger partial charge on any atom is 0.0576 e. The molecule has 2 unspecified atom stereocenters. The Hall–Kier alpha value is -0.570. The Morgan fingerprint density at radius 1 is 1.22 bits per heavy atom. The van der Waals surface area contributed by atoms with Crippen molar-refractivity contribution in [2.45, 2.75) is 68.9 Å². The van der Waals surface area contributed by atoms with Gasteiger partial charge in [-0.2, -0.15) is 0 Å². The molecule has 3 heteroatoms. The topological polar surface area (TPSA) is 32.3 Å². The molecule has 5 rings (SSSR count). The van der Waals surface area contributed by atoms with Crippen LogP contribution in [0.15, 0.2) is 18.2 Å². The number of hydrogen-bond acceptors (Lipinski definition) is 2. The standard InChI is InChI=1S/C20H27NO.ClH/c22-19-11-14(19)10-13-4-3-6-16-15(13)12-18-17-5-1-2-7-20(16,17)8-9-21-18;/h3-4,6,14,17-19,21-22H,1-2,5,7-12H2;1H/t14?,17-,18+,19?,20-;/m0./s1. The average Bonchev–Trinajstić information content (AvgIpc) is 3.23. The monoisotopic (exact) mass is 333 g/mol. The molecule has 1 aromatic carbocycles. The second-order valence-corrected chi connectivity index (χ2v) is 8.23. The predicted octanol–water partition coefficient (Wildman–Crippen LogP) is 3.38. The molecule has 2 bridgehead atoms. The summed E-state index contributed by atoms with van der Waals surface area (Å²) in [6, 6.07) is 7.78. The van der Waals surface area contributed by atoms with Crippen LogP contribution in [0, 0.1) is 11.8 Å². The minimum Gasteiger partial charge on any atom is -0.393 e. The summed E-state index contributed by atoms with van der Waals surface area (Å²) in [6.45, 7) is 1.20. The molecule has 4 aliphatic rings. The second kappa shape index (κ2) is 5.75. The highest BCUT2D eigenvalue weighted by atomic mass is 35.5. The Kier molecular flexibility index (Phi) is 3.98. The fraction of sp³-hybridized carbons (Fsp3) is 0.700. The lowest BCUT2D eigenvalue weighted by atomic mass is 9.52. The number of fused-ring (bicyclic) bond motifs is 1. The predicted molar refractivity (Wildman–Crippen MR) is 95.3 cm³/mol. The zero-order valence-corrected chi connectivity index (χ0v) is 14.6. The first kappa shape index (κ1) is 15.9. The van der Waals surface area contributed by atoms with Crippen molar-refractivity contribution in [1.29, 1.82) is 0 Å². The van der Waals surface area contributed by atoms with Gasteiger partial charge in [-0.05, 0) is 73.6 Å². The molecule has 2 saturated carbocycles. The molecule has 1 heterocycles. The number of nitrogens with one attached hydrogen (secondary N) is 1. The highest BCUT2D eigenvalue weighted by Gasteiger charge is 2.51. The SMILES string of the molecule is Cl.OC1CC1Cc1cccc2c1C[C@H]1NCC[C@@]23CCCC[C@@H]13. The Balaban J connectivity index is 0.00000135. The third-order valence-electron chi connectivity index (χ3n) is 7.16. The van der Waals surface area contributed by atoms with E-state index in [-0.39, 0.29) is 18.5 Å². The zero-order chi connectivity index (χ0) is 14.7. The van der Waals surface area contributed by atoms with Crippen molar-refractivity contribution in [3.8, 4) is 0 Å². The van der Waals surface area contributed by atoms with E-state index in [1.165, 1.54) is 50.6 Å². The van der Waals surface area contributed by atoms with Crippen molar-refractivity contribution >= 4 is 12.4 Å². The molecular weight excluding hydrogens is 306 g/mol. The summed E-state index contributed by atoms with van der Waals surface area (Å²) in [4.78, 5) is 0. The molecule has 23 heavy (non-hydrogen) atoms. The summed E-state index contributed by atoms with van der Waals surface area (Å²) in [5.41, 5.74) is 5.36. The van der Waals surface area contributed by atoms with Crippen molar-refractivity contribution in [1.82, 2.24) is 5.32 Å². The molecule has 1 aromatic rings. The smallest absolute Gasteiger partial charge is 0.0576 e. The van der Waals surface area contributed by atoms with Gasteiger partial charge in [0.25, 0.3) is 0 Å². The number of benzene rings is 1. The lowest BCUT2D eigenvalue weighted by molar-refractivity contribution is 0.0794. The minimum absolute atomic E-state index is 0. The molecule has 0 spiro atoms. The minimum atomic E-state index is -0.0299. The maximum absolute atomic E-state index is 9.73. The molecule has 5 atom stereocenters. The van der Waals surface area contributed by atoms with Crippen molar-refractivity contribution in [3.05, 3.63) is 34.9 Å². The van der Waals surface area contributed by atoms with Crippen LogP contribution in [0.5, 0.6) is 0 Å². The quantitative estimate of drug-likeness (QED) is 0.869. The van der Waals surface area contributed by atoms with Crippen LogP contribution in [-0.2, 0) is 18.3 Å². The van der Waals surface area contributed by atoms with E-state index in [1.54, 1.807) is 11.1 Å². The second-order valence-electron chi connectivity index (χ2n) is 8.23. The lowest BCUT2D eigenvalue weighted by Gasteiger charge is -2.56. The van der Waals surface area contributed by atoms with E-state index in [2.05, 4.69) is 23.5 Å². The zero-order valence-electron chi connectivity index (χ0n) is 13.8. The lowest BCUT2D eigenvalue weighted by Crippen LogP contribution is -2.59. The fourth-order valence-electron chi connectivity index (χ4n) is 5.96. The van der Waals surface area contributed by atoms with Crippen LogP contribution in [-0.4, -0.2) is 23.8 Å². The Bertz CT molecular complexity index is 599. The summed E-state index contributed by atoms with van der Waals surface area (Å²) in [5.74, 6) is 1.39. The van der Waals surface area contributed by atoms with Crippen LogP contribution < -0.4 is 5.32 Å². The molecule has 0 amide bonds. The molecule has 3 aliphatic carbocycles. The van der Waals surface area contributed by atoms with Gasteiger partial charge >= 0.3 is 0 Å². The van der Waals surface area contributed by atoms with Gasteiger partial charge in [-0.1, -0.05) is 31.0 Å². The van der Waals surface area contributed by atoms with Gasteiger partial charge in [0.05, 0.1) is 6.10 Å². The van der Waals surface area contributed by atoms with Gasteiger partial charge < -0.3 is 10.4 Å². The third-order valence-corrected chi connectivity index (χ3v) is 7.16. The van der Waals surface area contributed by atoms with Gasteiger partial charge in [-0.3, -0.25) is 0 Å². The first-order valence-electron chi connectivity index (χ1n) is 9.31. The number of aliphatic hydroxyl groups is 1. The number of halogens is 1. The van der Waals surface area contributed by atoms with Gasteiger partial charge in [0, 0.05) is 11.5 Å². The Morgan fingerprint density at radius 3 is 2.91 bits per heavy atom. The molecule has 0 aromatic heterocycles. The van der Waals surface area contributed by atoms with Gasteiger partial charge in [0.15, 0.2) is 0 Å². The van der Waals surface area contributed by atoms with Crippen molar-refractivity contribution in [2.24, 2.45) is 11.8 Å². The van der Waals surface area contributed by atoms with Crippen LogP contribution >= 0.6 is 12.4 Å². The number of aliphatic hydroxyl groups excluding tert-OH is 1. The van der Waals surface area contributed by atoms with Crippen molar-refractivity contribution < 1.29 is 5.11 Å².